The molecule has 3 aromatic carbocycles. The summed E-state index contributed by atoms with van der Waals surface area (Å²) in [4.78, 5) is 52.7. The zero-order chi connectivity index (χ0) is 26.8. The fourth-order valence-corrected chi connectivity index (χ4v) is 5.58. The SMILES string of the molecule is O=C(COC(=O)c1cccc(N2C(=O)[C@@H]3CC[C@@H](c4ccccc4)C[C@H]3C2=O)c1)Nc1cccc(Cl)c1Cl. The molecule has 3 amide bonds. The maximum absolute atomic E-state index is 13.4. The van der Waals surface area contributed by atoms with E-state index in [2.05, 4.69) is 17.4 Å². The van der Waals surface area contributed by atoms with Crippen LogP contribution >= 0.6 is 23.2 Å². The van der Waals surface area contributed by atoms with E-state index in [1.165, 1.54) is 22.6 Å². The molecule has 1 N–H and O–H groups in total. The van der Waals surface area contributed by atoms with Gasteiger partial charge in [0.1, 0.15) is 0 Å². The molecule has 5 rings (SSSR count). The summed E-state index contributed by atoms with van der Waals surface area (Å²) in [5.74, 6) is -2.37. The molecule has 3 atom stereocenters. The number of hydrogen-bond acceptors (Lipinski definition) is 5. The number of benzene rings is 3. The molecular weight excluding hydrogens is 527 g/mol. The number of halogens is 2. The monoisotopic (exact) mass is 550 g/mol. The standard InChI is InChI=1S/C29H24Cl2N2O5/c30-23-10-5-11-24(26(23)31)32-25(34)16-38-29(37)19-8-4-9-20(14-19)33-27(35)21-13-12-18(15-22(21)28(33)36)17-6-2-1-3-7-17/h1-11,14,18,21-22H,12-13,15-16H2,(H,32,34)/t18-,21-,22-/m1/s1. The molecule has 0 radical (unpaired) electrons. The Balaban J connectivity index is 1.25. The van der Waals surface area contributed by atoms with E-state index in [0.29, 0.717) is 24.2 Å². The molecule has 194 valence electrons. The van der Waals surface area contributed by atoms with E-state index < -0.39 is 18.5 Å². The quantitative estimate of drug-likeness (QED) is 0.306. The molecule has 2 fully saturated rings. The number of nitrogens with one attached hydrogen (secondary N) is 1. The predicted octanol–water partition coefficient (Wildman–Crippen LogP) is 5.86. The van der Waals surface area contributed by atoms with Crippen LogP contribution < -0.4 is 10.2 Å². The third-order valence-electron chi connectivity index (χ3n) is 7.10. The number of rotatable bonds is 6. The molecule has 1 saturated heterocycles. The van der Waals surface area contributed by atoms with Crippen molar-refractivity contribution in [3.63, 3.8) is 0 Å². The molecule has 0 bridgehead atoms. The number of imide groups is 1. The van der Waals surface area contributed by atoms with E-state index >= 15 is 0 Å². The molecule has 0 spiro atoms. The number of carbonyl (C=O) groups is 4. The van der Waals surface area contributed by atoms with Gasteiger partial charge in [-0.05, 0) is 61.1 Å². The second-order valence-corrected chi connectivity index (χ2v) is 10.2. The van der Waals surface area contributed by atoms with Crippen LogP contribution in [0.2, 0.25) is 10.0 Å². The van der Waals surface area contributed by atoms with Crippen molar-refractivity contribution in [2.45, 2.75) is 25.2 Å². The summed E-state index contributed by atoms with van der Waals surface area (Å²) in [5.41, 5.74) is 1.91. The second-order valence-electron chi connectivity index (χ2n) is 9.42. The van der Waals surface area contributed by atoms with Gasteiger partial charge in [-0.2, -0.15) is 0 Å². The van der Waals surface area contributed by atoms with E-state index in [1.807, 2.05) is 18.2 Å². The largest absolute Gasteiger partial charge is 0.452 e. The minimum atomic E-state index is -0.764. The lowest BCUT2D eigenvalue weighted by atomic mass is 9.73. The molecule has 1 saturated carbocycles. The molecule has 38 heavy (non-hydrogen) atoms. The third kappa shape index (κ3) is 5.17. The predicted molar refractivity (Wildman–Crippen MR) is 144 cm³/mol. The first-order valence-electron chi connectivity index (χ1n) is 12.3. The van der Waals surface area contributed by atoms with Crippen molar-refractivity contribution >= 4 is 58.3 Å². The average molecular weight is 551 g/mol. The number of carbonyl (C=O) groups excluding carboxylic acids is 4. The number of fused-ring (bicyclic) bond motifs is 1. The van der Waals surface area contributed by atoms with E-state index in [1.54, 1.807) is 30.3 Å². The molecule has 3 aromatic rings. The molecule has 0 aromatic heterocycles. The highest BCUT2D eigenvalue weighted by atomic mass is 35.5. The van der Waals surface area contributed by atoms with Gasteiger partial charge in [0, 0.05) is 0 Å². The minimum Gasteiger partial charge on any atom is -0.452 e. The van der Waals surface area contributed by atoms with Crippen molar-refractivity contribution in [1.82, 2.24) is 0 Å². The summed E-state index contributed by atoms with van der Waals surface area (Å²) in [5, 5.41) is 2.99. The Hall–Kier alpha value is -3.68. The zero-order valence-electron chi connectivity index (χ0n) is 20.2. The number of hydrogen-bond donors (Lipinski definition) is 1. The molecule has 2 aliphatic rings. The maximum atomic E-state index is 13.4. The first kappa shape index (κ1) is 25.9. The molecule has 0 unspecified atom stereocenters. The first-order valence-corrected chi connectivity index (χ1v) is 13.0. The van der Waals surface area contributed by atoms with Gasteiger partial charge in [0.15, 0.2) is 6.61 Å². The smallest absolute Gasteiger partial charge is 0.338 e. The number of anilines is 2. The summed E-state index contributed by atoms with van der Waals surface area (Å²) < 4.78 is 5.15. The highest BCUT2D eigenvalue weighted by Crippen LogP contribution is 2.45. The summed E-state index contributed by atoms with van der Waals surface area (Å²) in [6.07, 6.45) is 2.09. The van der Waals surface area contributed by atoms with Crippen molar-refractivity contribution in [2.24, 2.45) is 11.8 Å². The average Bonchev–Trinajstić information content (AvgIpc) is 3.19. The molecule has 1 heterocycles. The van der Waals surface area contributed by atoms with Gasteiger partial charge in [0.2, 0.25) is 11.8 Å². The summed E-state index contributed by atoms with van der Waals surface area (Å²) >= 11 is 12.0. The highest BCUT2D eigenvalue weighted by molar-refractivity contribution is 6.44. The Kier molecular flexibility index (Phi) is 7.49. The van der Waals surface area contributed by atoms with Gasteiger partial charge in [-0.25, -0.2) is 4.79 Å². The van der Waals surface area contributed by atoms with E-state index in [-0.39, 0.29) is 45.2 Å². The number of amides is 3. The minimum absolute atomic E-state index is 0.119. The van der Waals surface area contributed by atoms with Crippen LogP contribution in [0.4, 0.5) is 11.4 Å². The van der Waals surface area contributed by atoms with Gasteiger partial charge in [-0.1, -0.05) is 65.7 Å². The topological polar surface area (TPSA) is 92.8 Å². The molecule has 7 nitrogen and oxygen atoms in total. The van der Waals surface area contributed by atoms with Crippen LogP contribution in [-0.4, -0.2) is 30.3 Å². The third-order valence-corrected chi connectivity index (χ3v) is 7.92. The highest BCUT2D eigenvalue weighted by Gasteiger charge is 2.50. The maximum Gasteiger partial charge on any atom is 0.338 e. The van der Waals surface area contributed by atoms with Crippen molar-refractivity contribution in [1.29, 1.82) is 0 Å². The Bertz CT molecular complexity index is 1410. The number of nitrogens with zero attached hydrogens (tertiary/aromatic N) is 1. The van der Waals surface area contributed by atoms with Crippen LogP contribution in [0.1, 0.15) is 41.1 Å². The summed E-state index contributed by atoms with van der Waals surface area (Å²) in [6, 6.07) is 21.0. The zero-order valence-corrected chi connectivity index (χ0v) is 21.7. The van der Waals surface area contributed by atoms with E-state index in [9.17, 15) is 19.2 Å². The van der Waals surface area contributed by atoms with Gasteiger partial charge in [0.25, 0.3) is 5.91 Å². The molecule has 1 aliphatic carbocycles. The lowest BCUT2D eigenvalue weighted by molar-refractivity contribution is -0.122. The van der Waals surface area contributed by atoms with Crippen molar-refractivity contribution in [2.75, 3.05) is 16.8 Å². The van der Waals surface area contributed by atoms with Crippen LogP contribution in [0.5, 0.6) is 0 Å². The fourth-order valence-electron chi connectivity index (χ4n) is 5.23. The normalized spacial score (nSPS) is 20.7. The van der Waals surface area contributed by atoms with Gasteiger partial charge >= 0.3 is 5.97 Å². The number of ether oxygens (including phenoxy) is 1. The van der Waals surface area contributed by atoms with Crippen LogP contribution in [0.25, 0.3) is 0 Å². The number of esters is 1. The van der Waals surface area contributed by atoms with Crippen LogP contribution in [-0.2, 0) is 19.1 Å². The second kappa shape index (κ2) is 11.0. The lowest BCUT2D eigenvalue weighted by Gasteiger charge is -2.28. The summed E-state index contributed by atoms with van der Waals surface area (Å²) in [6.45, 7) is -0.557. The fraction of sp³-hybridized carbons (Fsp3) is 0.241. The first-order chi connectivity index (χ1) is 18.3. The van der Waals surface area contributed by atoms with E-state index in [4.69, 9.17) is 27.9 Å². The Morgan fingerprint density at radius 1 is 0.895 bits per heavy atom. The van der Waals surface area contributed by atoms with Crippen molar-refractivity contribution in [3.8, 4) is 0 Å². The van der Waals surface area contributed by atoms with Crippen LogP contribution in [0, 0.1) is 11.8 Å². The Morgan fingerprint density at radius 3 is 2.42 bits per heavy atom. The van der Waals surface area contributed by atoms with Gasteiger partial charge in [-0.15, -0.1) is 0 Å². The summed E-state index contributed by atoms with van der Waals surface area (Å²) in [7, 11) is 0. The molecular formula is C29H24Cl2N2O5. The van der Waals surface area contributed by atoms with Crippen LogP contribution in [0.3, 0.4) is 0 Å². The van der Waals surface area contributed by atoms with Crippen molar-refractivity contribution < 1.29 is 23.9 Å². The van der Waals surface area contributed by atoms with Crippen LogP contribution in [0.15, 0.2) is 72.8 Å². The van der Waals surface area contributed by atoms with Gasteiger partial charge in [-0.3, -0.25) is 19.3 Å². The lowest BCUT2D eigenvalue weighted by Crippen LogP contribution is -2.31. The Labute approximate surface area is 229 Å². The van der Waals surface area contributed by atoms with Gasteiger partial charge < -0.3 is 10.1 Å². The van der Waals surface area contributed by atoms with Crippen molar-refractivity contribution in [3.05, 3.63) is 94.0 Å². The van der Waals surface area contributed by atoms with Gasteiger partial charge in [0.05, 0.1) is 38.8 Å². The Morgan fingerprint density at radius 2 is 1.63 bits per heavy atom. The molecule has 9 heteroatoms. The molecule has 1 aliphatic heterocycles. The van der Waals surface area contributed by atoms with E-state index in [0.717, 1.165) is 6.42 Å².